The Balaban J connectivity index is 0.000000593. The first kappa shape index (κ1) is 18.7. The molecule has 0 amide bonds. The van der Waals surface area contributed by atoms with Gasteiger partial charge < -0.3 is 14.0 Å². The number of nitrogens with zero attached hydrogens (tertiary/aromatic N) is 1. The normalized spacial score (nSPS) is 9.74. The number of methoxy groups -OCH3 is 1. The van der Waals surface area contributed by atoms with Gasteiger partial charge in [-0.15, -0.1) is 0 Å². The molecule has 0 saturated heterocycles. The number of aromatic nitrogens is 1. The van der Waals surface area contributed by atoms with Crippen molar-refractivity contribution in [1.82, 2.24) is 10.5 Å². The van der Waals surface area contributed by atoms with Crippen molar-refractivity contribution in [3.8, 4) is 17.1 Å². The largest absolute Gasteiger partial charge is 0.497 e. The molecule has 0 fully saturated rings. The topological polar surface area (TPSA) is 73.6 Å². The van der Waals surface area contributed by atoms with Crippen LogP contribution in [0, 0.1) is 0 Å². The van der Waals surface area contributed by atoms with Crippen molar-refractivity contribution in [3.63, 3.8) is 0 Å². The number of benzene rings is 1. The van der Waals surface area contributed by atoms with Crippen LogP contribution in [-0.2, 0) is 4.84 Å². The fourth-order valence-corrected chi connectivity index (χ4v) is 1.44. The van der Waals surface area contributed by atoms with Crippen LogP contribution >= 0.6 is 0 Å². The van der Waals surface area contributed by atoms with Gasteiger partial charge in [0.2, 0.25) is 0 Å². The molecule has 1 heterocycles. The van der Waals surface area contributed by atoms with Crippen LogP contribution in [-0.4, -0.2) is 24.6 Å². The fourth-order valence-electron chi connectivity index (χ4n) is 1.44. The summed E-state index contributed by atoms with van der Waals surface area (Å²) < 4.78 is 10.4. The van der Waals surface area contributed by atoms with Gasteiger partial charge in [0.25, 0.3) is 0 Å². The smallest absolute Gasteiger partial charge is 0.413 e. The number of rotatable bonds is 6. The van der Waals surface area contributed by atoms with Crippen LogP contribution in [0.15, 0.2) is 34.9 Å². The Labute approximate surface area is 136 Å². The van der Waals surface area contributed by atoms with Crippen molar-refractivity contribution >= 4 is 5.97 Å². The van der Waals surface area contributed by atoms with E-state index in [2.05, 4.69) is 24.3 Å². The molecule has 6 heteroatoms. The number of ether oxygens (including phenoxy) is 1. The summed E-state index contributed by atoms with van der Waals surface area (Å²) in [6.07, 6.45) is 4.12. The minimum Gasteiger partial charge on any atom is -0.497 e. The van der Waals surface area contributed by atoms with E-state index in [0.717, 1.165) is 11.3 Å². The van der Waals surface area contributed by atoms with Gasteiger partial charge in [0.05, 0.1) is 13.3 Å². The first-order chi connectivity index (χ1) is 11.2. The van der Waals surface area contributed by atoms with Gasteiger partial charge in [-0.25, -0.2) is 9.78 Å². The van der Waals surface area contributed by atoms with Gasteiger partial charge in [-0.3, -0.25) is 0 Å². The lowest BCUT2D eigenvalue weighted by atomic mass is 10.2. The molecule has 2 aromatic rings. The van der Waals surface area contributed by atoms with Crippen LogP contribution in [0.25, 0.3) is 11.3 Å². The average molecular weight is 320 g/mol. The van der Waals surface area contributed by atoms with Crippen molar-refractivity contribution < 1.29 is 18.8 Å². The molecule has 0 atom stereocenters. The highest BCUT2D eigenvalue weighted by Crippen LogP contribution is 2.23. The Bertz CT molecular complexity index is 577. The molecule has 0 spiro atoms. The highest BCUT2D eigenvalue weighted by Gasteiger charge is 2.15. The Morgan fingerprint density at radius 2 is 1.83 bits per heavy atom. The second kappa shape index (κ2) is 10.4. The van der Waals surface area contributed by atoms with Gasteiger partial charge in [-0.1, -0.05) is 26.7 Å². The summed E-state index contributed by atoms with van der Waals surface area (Å²) >= 11 is 0. The van der Waals surface area contributed by atoms with E-state index in [0.29, 0.717) is 12.3 Å². The molecule has 2 rings (SSSR count). The molecule has 0 aliphatic carbocycles. The summed E-state index contributed by atoms with van der Waals surface area (Å²) in [4.78, 5) is 20.1. The van der Waals surface area contributed by atoms with E-state index >= 15 is 0 Å². The molecule has 1 aromatic carbocycles. The molecule has 1 N–H and O–H groups in total. The zero-order chi connectivity index (χ0) is 17.1. The number of unbranched alkanes of at least 4 members (excludes halogenated alkanes) is 1. The van der Waals surface area contributed by atoms with Crippen LogP contribution in [0.5, 0.6) is 5.75 Å². The number of hydrogen-bond acceptors (Lipinski definition) is 6. The molecule has 0 unspecified atom stereocenters. The predicted molar refractivity (Wildman–Crippen MR) is 88.2 cm³/mol. The van der Waals surface area contributed by atoms with E-state index in [4.69, 9.17) is 14.0 Å². The van der Waals surface area contributed by atoms with Gasteiger partial charge >= 0.3 is 11.9 Å². The van der Waals surface area contributed by atoms with Crippen LogP contribution in [0.3, 0.4) is 0 Å². The summed E-state index contributed by atoms with van der Waals surface area (Å²) in [5.74, 6) is 0.495. The monoisotopic (exact) mass is 320 g/mol. The number of oxazole rings is 1. The third-order valence-corrected chi connectivity index (χ3v) is 2.86. The standard InChI is InChI=1S/C13H14N2O4.C4H10/c1-3-15-19-13(16)12-14-8-11(18-12)9-4-6-10(17-2)7-5-9;1-3-4-2/h4-8,15H,3H2,1-2H3;3-4H2,1-2H3. The maximum Gasteiger partial charge on any atom is 0.413 e. The lowest BCUT2D eigenvalue weighted by Gasteiger charge is -2.00. The maximum absolute atomic E-state index is 11.5. The maximum atomic E-state index is 11.5. The lowest BCUT2D eigenvalue weighted by molar-refractivity contribution is 0.0221. The minimum absolute atomic E-state index is 0.0910. The Hall–Kier alpha value is -2.34. The van der Waals surface area contributed by atoms with Crippen molar-refractivity contribution in [2.45, 2.75) is 33.6 Å². The SMILES string of the molecule is CCCC.CCNOC(=O)c1ncc(-c2ccc(OC)cc2)o1. The quantitative estimate of drug-likeness (QED) is 0.815. The highest BCUT2D eigenvalue weighted by molar-refractivity contribution is 5.84. The molecular weight excluding hydrogens is 296 g/mol. The summed E-state index contributed by atoms with van der Waals surface area (Å²) in [5, 5.41) is 0. The van der Waals surface area contributed by atoms with Gasteiger partial charge in [0.1, 0.15) is 5.75 Å². The second-order valence-electron chi connectivity index (χ2n) is 4.65. The summed E-state index contributed by atoms with van der Waals surface area (Å²) in [7, 11) is 1.60. The van der Waals surface area contributed by atoms with Crippen LogP contribution in [0.2, 0.25) is 0 Å². The molecule has 0 saturated carbocycles. The number of nitrogens with one attached hydrogen (secondary N) is 1. The van der Waals surface area contributed by atoms with Crippen molar-refractivity contribution in [1.29, 1.82) is 0 Å². The van der Waals surface area contributed by atoms with Crippen molar-refractivity contribution in [3.05, 3.63) is 36.4 Å². The average Bonchev–Trinajstić information content (AvgIpc) is 3.10. The number of hydrogen-bond donors (Lipinski definition) is 1. The number of carbonyl (C=O) groups excluding carboxylic acids is 1. The number of carbonyl (C=O) groups is 1. The van der Waals surface area contributed by atoms with Gasteiger partial charge in [0, 0.05) is 12.1 Å². The van der Waals surface area contributed by atoms with Crippen LogP contribution < -0.4 is 10.2 Å². The fraction of sp³-hybridized carbons (Fsp3) is 0.412. The van der Waals surface area contributed by atoms with E-state index < -0.39 is 5.97 Å². The molecule has 0 radical (unpaired) electrons. The summed E-state index contributed by atoms with van der Waals surface area (Å²) in [6, 6.07) is 7.24. The summed E-state index contributed by atoms with van der Waals surface area (Å²) in [6.45, 7) is 6.68. The van der Waals surface area contributed by atoms with Crippen molar-refractivity contribution in [2.75, 3.05) is 13.7 Å². The van der Waals surface area contributed by atoms with Gasteiger partial charge in [0.15, 0.2) is 5.76 Å². The first-order valence-electron chi connectivity index (χ1n) is 7.70. The van der Waals surface area contributed by atoms with E-state index in [-0.39, 0.29) is 5.89 Å². The minimum atomic E-state index is -0.651. The molecule has 23 heavy (non-hydrogen) atoms. The van der Waals surface area contributed by atoms with E-state index in [1.54, 1.807) is 19.2 Å². The van der Waals surface area contributed by atoms with Crippen molar-refractivity contribution in [2.24, 2.45) is 0 Å². The Kier molecular flexibility index (Phi) is 8.46. The zero-order valence-corrected chi connectivity index (χ0v) is 14.1. The Morgan fingerprint density at radius 3 is 2.35 bits per heavy atom. The van der Waals surface area contributed by atoms with E-state index in [9.17, 15) is 4.79 Å². The molecule has 6 nitrogen and oxygen atoms in total. The first-order valence-corrected chi connectivity index (χ1v) is 7.70. The molecule has 126 valence electrons. The molecule has 0 aliphatic rings. The Morgan fingerprint density at radius 1 is 1.17 bits per heavy atom. The highest BCUT2D eigenvalue weighted by atomic mass is 16.7. The predicted octanol–water partition coefficient (Wildman–Crippen LogP) is 3.84. The van der Waals surface area contributed by atoms with Gasteiger partial charge in [-0.05, 0) is 31.2 Å². The second-order valence-corrected chi connectivity index (χ2v) is 4.65. The molecular formula is C17H24N2O4. The number of hydroxylamine groups is 1. The van der Waals surface area contributed by atoms with Crippen LogP contribution in [0.4, 0.5) is 0 Å². The molecule has 1 aromatic heterocycles. The third-order valence-electron chi connectivity index (χ3n) is 2.86. The molecule has 0 aliphatic heterocycles. The van der Waals surface area contributed by atoms with Crippen LogP contribution in [0.1, 0.15) is 44.3 Å². The lowest BCUT2D eigenvalue weighted by Crippen LogP contribution is -2.19. The summed E-state index contributed by atoms with van der Waals surface area (Å²) in [5.41, 5.74) is 3.25. The van der Waals surface area contributed by atoms with Gasteiger partial charge in [-0.2, -0.15) is 5.48 Å². The molecule has 0 bridgehead atoms. The van der Waals surface area contributed by atoms with E-state index in [1.807, 2.05) is 19.1 Å². The van der Waals surface area contributed by atoms with E-state index in [1.165, 1.54) is 19.0 Å². The third kappa shape index (κ3) is 6.12. The zero-order valence-electron chi connectivity index (χ0n) is 14.1.